The van der Waals surface area contributed by atoms with Crippen LogP contribution in [0.3, 0.4) is 0 Å². The van der Waals surface area contributed by atoms with Crippen molar-refractivity contribution in [2.45, 2.75) is 26.2 Å². The van der Waals surface area contributed by atoms with Crippen LogP contribution in [0.4, 0.5) is 5.69 Å². The lowest BCUT2D eigenvalue weighted by Gasteiger charge is -2.11. The predicted octanol–water partition coefficient (Wildman–Crippen LogP) is 3.00. The maximum Gasteiger partial charge on any atom is 0.335 e. The molecule has 0 aliphatic heterocycles. The molecular weight excluding hydrogens is 218 g/mol. The van der Waals surface area contributed by atoms with E-state index in [1.54, 1.807) is 25.3 Å². The van der Waals surface area contributed by atoms with Gasteiger partial charge in [0.15, 0.2) is 0 Å². The highest BCUT2D eigenvalue weighted by atomic mass is 16.5. The first-order valence-electron chi connectivity index (χ1n) is 5.84. The van der Waals surface area contributed by atoms with Gasteiger partial charge in [0.1, 0.15) is 5.75 Å². The van der Waals surface area contributed by atoms with Crippen molar-refractivity contribution in [2.24, 2.45) is 0 Å². The van der Waals surface area contributed by atoms with Gasteiger partial charge in [0, 0.05) is 6.54 Å². The van der Waals surface area contributed by atoms with E-state index in [4.69, 9.17) is 9.84 Å². The van der Waals surface area contributed by atoms with E-state index in [-0.39, 0.29) is 5.56 Å². The maximum atomic E-state index is 10.9. The Kier molecular flexibility index (Phi) is 5.33. The second kappa shape index (κ2) is 6.78. The number of aromatic carboxylic acids is 1. The molecule has 0 unspecified atom stereocenters. The molecule has 0 aliphatic rings. The second-order valence-electron chi connectivity index (χ2n) is 3.85. The van der Waals surface area contributed by atoms with Crippen LogP contribution in [0.2, 0.25) is 0 Å². The van der Waals surface area contributed by atoms with Gasteiger partial charge in [-0.05, 0) is 24.6 Å². The Hall–Kier alpha value is -1.71. The number of carboxylic acids is 1. The standard InChI is InChI=1S/C13H19NO3/c1-3-4-5-8-14-11-9-10(13(15)16)6-7-12(11)17-2/h6-7,9,14H,3-5,8H2,1-2H3,(H,15,16). The lowest BCUT2D eigenvalue weighted by molar-refractivity contribution is 0.0697. The van der Waals surface area contributed by atoms with Crippen LogP contribution in [0.5, 0.6) is 5.75 Å². The number of unbranched alkanes of at least 4 members (excludes halogenated alkanes) is 2. The number of nitrogens with one attached hydrogen (secondary N) is 1. The summed E-state index contributed by atoms with van der Waals surface area (Å²) in [4.78, 5) is 10.9. The molecule has 1 aromatic carbocycles. The molecule has 0 atom stereocenters. The van der Waals surface area contributed by atoms with Crippen LogP contribution in [0.25, 0.3) is 0 Å². The van der Waals surface area contributed by atoms with Gasteiger partial charge >= 0.3 is 5.97 Å². The van der Waals surface area contributed by atoms with Crippen LogP contribution in [0.1, 0.15) is 36.5 Å². The SMILES string of the molecule is CCCCCNc1cc(C(=O)O)ccc1OC. The first-order chi connectivity index (χ1) is 8.19. The largest absolute Gasteiger partial charge is 0.495 e. The lowest BCUT2D eigenvalue weighted by atomic mass is 10.2. The molecule has 0 fully saturated rings. The first kappa shape index (κ1) is 13.4. The van der Waals surface area contributed by atoms with Crippen molar-refractivity contribution in [3.05, 3.63) is 23.8 Å². The number of anilines is 1. The predicted molar refractivity (Wildman–Crippen MR) is 68.0 cm³/mol. The molecule has 4 heteroatoms. The van der Waals surface area contributed by atoms with Crippen LogP contribution >= 0.6 is 0 Å². The van der Waals surface area contributed by atoms with E-state index in [0.717, 1.165) is 31.5 Å². The highest BCUT2D eigenvalue weighted by Gasteiger charge is 2.08. The topological polar surface area (TPSA) is 58.6 Å². The van der Waals surface area contributed by atoms with Gasteiger partial charge in [0.25, 0.3) is 0 Å². The molecule has 0 bridgehead atoms. The van der Waals surface area contributed by atoms with E-state index in [0.29, 0.717) is 5.75 Å². The molecule has 1 aromatic rings. The second-order valence-corrected chi connectivity index (χ2v) is 3.85. The van der Waals surface area contributed by atoms with Crippen molar-refractivity contribution in [3.63, 3.8) is 0 Å². The molecule has 0 aromatic heterocycles. The fourth-order valence-corrected chi connectivity index (χ4v) is 1.58. The smallest absolute Gasteiger partial charge is 0.335 e. The fourth-order valence-electron chi connectivity index (χ4n) is 1.58. The summed E-state index contributed by atoms with van der Waals surface area (Å²) in [6.07, 6.45) is 3.39. The Morgan fingerprint density at radius 2 is 2.18 bits per heavy atom. The Morgan fingerprint density at radius 1 is 1.41 bits per heavy atom. The van der Waals surface area contributed by atoms with Crippen molar-refractivity contribution in [2.75, 3.05) is 19.0 Å². The van der Waals surface area contributed by atoms with Gasteiger partial charge in [-0.1, -0.05) is 19.8 Å². The monoisotopic (exact) mass is 237 g/mol. The summed E-state index contributed by atoms with van der Waals surface area (Å²) in [7, 11) is 1.58. The van der Waals surface area contributed by atoms with E-state index in [1.165, 1.54) is 0 Å². The van der Waals surface area contributed by atoms with Gasteiger partial charge in [-0.15, -0.1) is 0 Å². The van der Waals surface area contributed by atoms with Crippen molar-refractivity contribution in [1.29, 1.82) is 0 Å². The summed E-state index contributed by atoms with van der Waals surface area (Å²) in [5.41, 5.74) is 1.01. The summed E-state index contributed by atoms with van der Waals surface area (Å²) in [6, 6.07) is 4.82. The molecule has 0 radical (unpaired) electrons. The molecule has 1 rings (SSSR count). The van der Waals surface area contributed by atoms with Crippen LogP contribution < -0.4 is 10.1 Å². The first-order valence-corrected chi connectivity index (χ1v) is 5.84. The molecule has 0 aliphatic carbocycles. The summed E-state index contributed by atoms with van der Waals surface area (Å²) in [6.45, 7) is 2.97. The fraction of sp³-hybridized carbons (Fsp3) is 0.462. The zero-order valence-electron chi connectivity index (χ0n) is 10.3. The number of carbonyl (C=O) groups is 1. The minimum Gasteiger partial charge on any atom is -0.495 e. The number of carboxylic acid groups (broad SMARTS) is 1. The number of benzene rings is 1. The third-order valence-electron chi connectivity index (χ3n) is 2.54. The number of methoxy groups -OCH3 is 1. The number of hydrogen-bond donors (Lipinski definition) is 2. The van der Waals surface area contributed by atoms with Gasteiger partial charge in [0.2, 0.25) is 0 Å². The van der Waals surface area contributed by atoms with Crippen molar-refractivity contribution in [3.8, 4) is 5.75 Å². The summed E-state index contributed by atoms with van der Waals surface area (Å²) < 4.78 is 5.18. The normalized spacial score (nSPS) is 10.0. The molecule has 0 saturated carbocycles. The van der Waals surface area contributed by atoms with E-state index in [1.807, 2.05) is 0 Å². The van der Waals surface area contributed by atoms with Gasteiger partial charge < -0.3 is 15.2 Å². The van der Waals surface area contributed by atoms with Crippen LogP contribution in [0.15, 0.2) is 18.2 Å². The van der Waals surface area contributed by atoms with Crippen LogP contribution in [-0.2, 0) is 0 Å². The minimum absolute atomic E-state index is 0.267. The number of rotatable bonds is 7. The Bertz CT molecular complexity index is 377. The molecule has 0 spiro atoms. The van der Waals surface area contributed by atoms with Crippen molar-refractivity contribution < 1.29 is 14.6 Å². The van der Waals surface area contributed by atoms with Crippen LogP contribution in [0, 0.1) is 0 Å². The summed E-state index contributed by atoms with van der Waals surface area (Å²) in [5.74, 6) is -0.254. The average molecular weight is 237 g/mol. The zero-order chi connectivity index (χ0) is 12.7. The number of hydrogen-bond acceptors (Lipinski definition) is 3. The molecular formula is C13H19NO3. The highest BCUT2D eigenvalue weighted by molar-refractivity contribution is 5.89. The van der Waals surface area contributed by atoms with E-state index < -0.39 is 5.97 Å². The highest BCUT2D eigenvalue weighted by Crippen LogP contribution is 2.25. The quantitative estimate of drug-likeness (QED) is 0.716. The minimum atomic E-state index is -0.927. The lowest BCUT2D eigenvalue weighted by Crippen LogP contribution is -2.05. The Balaban J connectivity index is 2.72. The van der Waals surface area contributed by atoms with Gasteiger partial charge in [-0.3, -0.25) is 0 Å². The summed E-state index contributed by atoms with van der Waals surface area (Å²) in [5, 5.41) is 12.1. The third kappa shape index (κ3) is 3.98. The maximum absolute atomic E-state index is 10.9. The van der Waals surface area contributed by atoms with Gasteiger partial charge in [-0.25, -0.2) is 4.79 Å². The number of ether oxygens (including phenoxy) is 1. The Morgan fingerprint density at radius 3 is 2.76 bits per heavy atom. The van der Waals surface area contributed by atoms with E-state index >= 15 is 0 Å². The molecule has 0 heterocycles. The zero-order valence-corrected chi connectivity index (χ0v) is 10.3. The molecule has 94 valence electrons. The molecule has 2 N–H and O–H groups in total. The Labute approximate surface area is 102 Å². The van der Waals surface area contributed by atoms with Crippen LogP contribution in [-0.4, -0.2) is 24.7 Å². The summed E-state index contributed by atoms with van der Waals surface area (Å²) >= 11 is 0. The van der Waals surface area contributed by atoms with Crippen molar-refractivity contribution >= 4 is 11.7 Å². The van der Waals surface area contributed by atoms with E-state index in [9.17, 15) is 4.79 Å². The van der Waals surface area contributed by atoms with Gasteiger partial charge in [-0.2, -0.15) is 0 Å². The van der Waals surface area contributed by atoms with Crippen molar-refractivity contribution in [1.82, 2.24) is 0 Å². The molecule has 4 nitrogen and oxygen atoms in total. The molecule has 0 saturated heterocycles. The molecule has 0 amide bonds. The third-order valence-corrected chi connectivity index (χ3v) is 2.54. The average Bonchev–Trinajstić information content (AvgIpc) is 2.34. The van der Waals surface area contributed by atoms with E-state index in [2.05, 4.69) is 12.2 Å². The van der Waals surface area contributed by atoms with Gasteiger partial charge in [0.05, 0.1) is 18.4 Å². The molecule has 17 heavy (non-hydrogen) atoms.